The number of hydrogen-bond donors (Lipinski definition) is 0. The molecule has 0 aliphatic heterocycles. The Morgan fingerprint density at radius 3 is 1.95 bits per heavy atom. The van der Waals surface area contributed by atoms with Gasteiger partial charge in [0, 0.05) is 11.9 Å². The minimum Gasteiger partial charge on any atom is -0.261 e. The lowest BCUT2D eigenvalue weighted by Crippen LogP contribution is -1.93. The minimum atomic E-state index is 1.07. The zero-order chi connectivity index (χ0) is 13.5. The van der Waals surface area contributed by atoms with Gasteiger partial charge in [0.05, 0.1) is 0 Å². The quantitative estimate of drug-likeness (QED) is 0.737. The molecule has 19 heavy (non-hydrogen) atoms. The van der Waals surface area contributed by atoms with Gasteiger partial charge in [-0.1, -0.05) is 43.7 Å². The molecule has 1 nitrogen and oxygen atoms in total. The van der Waals surface area contributed by atoms with Crippen molar-refractivity contribution in [2.24, 2.45) is 0 Å². The van der Waals surface area contributed by atoms with Crippen LogP contribution in [0.15, 0.2) is 42.6 Å². The van der Waals surface area contributed by atoms with Crippen molar-refractivity contribution in [1.82, 2.24) is 4.98 Å². The summed E-state index contributed by atoms with van der Waals surface area (Å²) in [6, 6.07) is 13.4. The van der Waals surface area contributed by atoms with Crippen LogP contribution in [0.4, 0.5) is 0 Å². The second-order valence-electron chi connectivity index (χ2n) is 5.23. The Hall–Kier alpha value is -1.63. The van der Waals surface area contributed by atoms with Crippen molar-refractivity contribution in [3.05, 3.63) is 65.0 Å². The molecule has 0 amide bonds. The van der Waals surface area contributed by atoms with Crippen LogP contribution in [0.5, 0.6) is 0 Å². The maximum Gasteiger partial charge on any atom is 0.0372 e. The van der Waals surface area contributed by atoms with E-state index in [9.17, 15) is 0 Å². The smallest absolute Gasteiger partial charge is 0.0372 e. The fourth-order valence-corrected chi connectivity index (χ4v) is 2.19. The van der Waals surface area contributed by atoms with Crippen LogP contribution in [0, 0.1) is 6.92 Å². The first-order valence-electron chi connectivity index (χ1n) is 7.27. The summed E-state index contributed by atoms with van der Waals surface area (Å²) in [6.07, 6.45) is 7.92. The minimum absolute atomic E-state index is 1.07. The summed E-state index contributed by atoms with van der Waals surface area (Å²) >= 11 is 0. The highest BCUT2D eigenvalue weighted by Gasteiger charge is 1.98. The maximum absolute atomic E-state index is 4.34. The molecule has 0 saturated carbocycles. The first-order chi connectivity index (χ1) is 9.28. The lowest BCUT2D eigenvalue weighted by molar-refractivity contribution is 0.794. The van der Waals surface area contributed by atoms with Gasteiger partial charge >= 0.3 is 0 Å². The van der Waals surface area contributed by atoms with Gasteiger partial charge in [0.25, 0.3) is 0 Å². The number of pyridine rings is 1. The number of hydrogen-bond acceptors (Lipinski definition) is 1. The van der Waals surface area contributed by atoms with Crippen LogP contribution >= 0.6 is 0 Å². The highest BCUT2D eigenvalue weighted by atomic mass is 14.6. The maximum atomic E-state index is 4.34. The van der Waals surface area contributed by atoms with Gasteiger partial charge in [-0.2, -0.15) is 0 Å². The monoisotopic (exact) mass is 253 g/mol. The first kappa shape index (κ1) is 13.8. The Morgan fingerprint density at radius 1 is 0.789 bits per heavy atom. The summed E-state index contributed by atoms with van der Waals surface area (Å²) in [5.74, 6) is 0. The second-order valence-corrected chi connectivity index (χ2v) is 5.23. The van der Waals surface area contributed by atoms with E-state index in [0.717, 1.165) is 18.5 Å². The largest absolute Gasteiger partial charge is 0.261 e. The molecule has 0 aliphatic rings. The number of aryl methyl sites for hydroxylation is 4. The molecule has 0 spiro atoms. The Kier molecular flexibility index (Phi) is 5.14. The first-order valence-corrected chi connectivity index (χ1v) is 7.27. The number of nitrogens with zero attached hydrogens (tertiary/aromatic N) is 1. The van der Waals surface area contributed by atoms with Gasteiger partial charge in [-0.05, 0) is 55.4 Å². The van der Waals surface area contributed by atoms with Crippen LogP contribution in [0.3, 0.4) is 0 Å². The number of unbranched alkanes of at least 4 members (excludes halogenated alkanes) is 1. The van der Waals surface area contributed by atoms with E-state index in [1.807, 2.05) is 13.1 Å². The average Bonchev–Trinajstić information content (AvgIpc) is 2.46. The van der Waals surface area contributed by atoms with Gasteiger partial charge in [0.2, 0.25) is 0 Å². The fourth-order valence-electron chi connectivity index (χ4n) is 2.19. The Bertz CT molecular complexity index is 482. The summed E-state index contributed by atoms with van der Waals surface area (Å²) in [7, 11) is 0. The summed E-state index contributed by atoms with van der Waals surface area (Å²) in [5, 5.41) is 0. The molecule has 0 atom stereocenters. The molecule has 0 N–H and O–H groups in total. The van der Waals surface area contributed by atoms with E-state index in [0.29, 0.717) is 0 Å². The van der Waals surface area contributed by atoms with Crippen LogP contribution in [0.1, 0.15) is 42.1 Å². The van der Waals surface area contributed by atoms with Crippen molar-refractivity contribution in [1.29, 1.82) is 0 Å². The lowest BCUT2D eigenvalue weighted by atomic mass is 10.0. The predicted molar refractivity (Wildman–Crippen MR) is 81.4 cm³/mol. The van der Waals surface area contributed by atoms with Crippen LogP contribution in [-0.4, -0.2) is 4.98 Å². The molecule has 2 rings (SSSR count). The van der Waals surface area contributed by atoms with E-state index in [2.05, 4.69) is 48.3 Å². The predicted octanol–water partition coefficient (Wildman–Crippen LogP) is 4.52. The van der Waals surface area contributed by atoms with Gasteiger partial charge in [0.15, 0.2) is 0 Å². The molecular formula is C18H23N. The molecule has 2 aromatic rings. The Morgan fingerprint density at radius 2 is 1.37 bits per heavy atom. The molecule has 0 aliphatic carbocycles. The van der Waals surface area contributed by atoms with Gasteiger partial charge in [0.1, 0.15) is 0 Å². The third-order valence-electron chi connectivity index (χ3n) is 3.52. The van der Waals surface area contributed by atoms with Crippen LogP contribution in [0.2, 0.25) is 0 Å². The van der Waals surface area contributed by atoms with E-state index in [-0.39, 0.29) is 0 Å². The van der Waals surface area contributed by atoms with E-state index < -0.39 is 0 Å². The molecule has 1 aromatic carbocycles. The average molecular weight is 253 g/mol. The highest BCUT2D eigenvalue weighted by molar-refractivity contribution is 5.24. The third-order valence-corrected chi connectivity index (χ3v) is 3.52. The summed E-state index contributed by atoms with van der Waals surface area (Å²) in [4.78, 5) is 4.34. The van der Waals surface area contributed by atoms with Gasteiger partial charge in [-0.15, -0.1) is 0 Å². The van der Waals surface area contributed by atoms with E-state index in [1.54, 1.807) is 0 Å². The summed E-state index contributed by atoms with van der Waals surface area (Å²) in [5.41, 5.74) is 5.29. The van der Waals surface area contributed by atoms with Gasteiger partial charge < -0.3 is 0 Å². The summed E-state index contributed by atoms with van der Waals surface area (Å²) < 4.78 is 0. The van der Waals surface area contributed by atoms with Crippen molar-refractivity contribution in [2.75, 3.05) is 0 Å². The van der Waals surface area contributed by atoms with E-state index >= 15 is 0 Å². The summed E-state index contributed by atoms with van der Waals surface area (Å²) in [6.45, 7) is 4.27. The number of benzene rings is 1. The molecule has 0 fully saturated rings. The topological polar surface area (TPSA) is 12.9 Å². The molecule has 0 saturated heterocycles. The zero-order valence-electron chi connectivity index (χ0n) is 12.0. The van der Waals surface area contributed by atoms with Crippen molar-refractivity contribution >= 4 is 0 Å². The lowest BCUT2D eigenvalue weighted by Gasteiger charge is -2.04. The number of rotatable bonds is 6. The van der Waals surface area contributed by atoms with Crippen LogP contribution in [-0.2, 0) is 19.3 Å². The third kappa shape index (κ3) is 4.51. The van der Waals surface area contributed by atoms with Gasteiger partial charge in [-0.3, -0.25) is 4.98 Å². The Balaban J connectivity index is 1.87. The SMILES string of the molecule is CCCCc1ccc(CCc2ccc(C)nc2)cc1. The molecule has 0 unspecified atom stereocenters. The molecule has 100 valence electrons. The van der Waals surface area contributed by atoms with E-state index in [4.69, 9.17) is 0 Å². The molecule has 1 aromatic heterocycles. The van der Waals surface area contributed by atoms with E-state index in [1.165, 1.54) is 36.0 Å². The van der Waals surface area contributed by atoms with Crippen LogP contribution in [0.25, 0.3) is 0 Å². The normalized spacial score (nSPS) is 10.6. The van der Waals surface area contributed by atoms with Crippen molar-refractivity contribution in [3.8, 4) is 0 Å². The Labute approximate surface area is 116 Å². The molecular weight excluding hydrogens is 230 g/mol. The zero-order valence-corrected chi connectivity index (χ0v) is 12.0. The van der Waals surface area contributed by atoms with Gasteiger partial charge in [-0.25, -0.2) is 0 Å². The van der Waals surface area contributed by atoms with Crippen LogP contribution < -0.4 is 0 Å². The van der Waals surface area contributed by atoms with Crippen molar-refractivity contribution < 1.29 is 0 Å². The van der Waals surface area contributed by atoms with Crippen molar-refractivity contribution in [3.63, 3.8) is 0 Å². The molecule has 1 heteroatoms. The molecule has 0 radical (unpaired) electrons. The standard InChI is InChI=1S/C18H23N/c1-3-4-5-16-8-10-17(11-9-16)12-13-18-7-6-15(2)19-14-18/h6-11,14H,3-5,12-13H2,1-2H3. The van der Waals surface area contributed by atoms with Crippen molar-refractivity contribution in [2.45, 2.75) is 46.0 Å². The second kappa shape index (κ2) is 7.08. The fraction of sp³-hybridized carbons (Fsp3) is 0.389. The molecule has 0 bridgehead atoms. The number of aromatic nitrogens is 1. The highest BCUT2D eigenvalue weighted by Crippen LogP contribution is 2.11. The molecule has 1 heterocycles.